The standard InChI is InChI=1S/C13H19BrN2O2/c1-4-15-13(17)9(2)16-12-7-5-6-11(14)10(12)8-18-3/h5-7,9,16H,4,8H2,1-3H3,(H,15,17). The van der Waals surface area contributed by atoms with Crippen LogP contribution < -0.4 is 10.6 Å². The molecule has 100 valence electrons. The van der Waals surface area contributed by atoms with Gasteiger partial charge in [0.25, 0.3) is 0 Å². The largest absolute Gasteiger partial charge is 0.380 e. The van der Waals surface area contributed by atoms with E-state index in [-0.39, 0.29) is 11.9 Å². The average Bonchev–Trinajstić information content (AvgIpc) is 2.34. The van der Waals surface area contributed by atoms with Crippen molar-refractivity contribution in [3.8, 4) is 0 Å². The third-order valence-corrected chi connectivity index (χ3v) is 3.27. The van der Waals surface area contributed by atoms with E-state index < -0.39 is 0 Å². The molecule has 1 aromatic rings. The van der Waals surface area contributed by atoms with Gasteiger partial charge in [-0.25, -0.2) is 0 Å². The van der Waals surface area contributed by atoms with Gasteiger partial charge < -0.3 is 15.4 Å². The molecule has 1 amide bonds. The molecule has 0 spiro atoms. The van der Waals surface area contributed by atoms with Crippen molar-refractivity contribution >= 4 is 27.5 Å². The summed E-state index contributed by atoms with van der Waals surface area (Å²) in [4.78, 5) is 11.7. The van der Waals surface area contributed by atoms with Gasteiger partial charge in [-0.15, -0.1) is 0 Å². The summed E-state index contributed by atoms with van der Waals surface area (Å²) in [6.07, 6.45) is 0. The number of benzene rings is 1. The molecule has 0 radical (unpaired) electrons. The molecule has 2 N–H and O–H groups in total. The fourth-order valence-electron chi connectivity index (χ4n) is 1.61. The fraction of sp³-hybridized carbons (Fsp3) is 0.462. The fourth-order valence-corrected chi connectivity index (χ4v) is 2.09. The highest BCUT2D eigenvalue weighted by molar-refractivity contribution is 9.10. The van der Waals surface area contributed by atoms with Crippen molar-refractivity contribution in [2.24, 2.45) is 0 Å². The number of hydrogen-bond acceptors (Lipinski definition) is 3. The van der Waals surface area contributed by atoms with Crippen LogP contribution in [0.1, 0.15) is 19.4 Å². The van der Waals surface area contributed by atoms with Gasteiger partial charge in [0.15, 0.2) is 0 Å². The van der Waals surface area contributed by atoms with Crippen LogP contribution in [0.3, 0.4) is 0 Å². The lowest BCUT2D eigenvalue weighted by Crippen LogP contribution is -2.37. The number of methoxy groups -OCH3 is 1. The van der Waals surface area contributed by atoms with Crippen LogP contribution in [0.15, 0.2) is 22.7 Å². The SMILES string of the molecule is CCNC(=O)C(C)Nc1cccc(Br)c1COC. The normalized spacial score (nSPS) is 12.0. The summed E-state index contributed by atoms with van der Waals surface area (Å²) in [5.41, 5.74) is 1.92. The number of carbonyl (C=O) groups excluding carboxylic acids is 1. The predicted molar refractivity (Wildman–Crippen MR) is 76.6 cm³/mol. The molecule has 0 bridgehead atoms. The van der Waals surface area contributed by atoms with Crippen molar-refractivity contribution < 1.29 is 9.53 Å². The molecule has 1 rings (SSSR count). The number of hydrogen-bond donors (Lipinski definition) is 2. The van der Waals surface area contributed by atoms with Crippen molar-refractivity contribution in [1.82, 2.24) is 5.32 Å². The number of amides is 1. The Bertz CT molecular complexity index is 410. The Balaban J connectivity index is 2.83. The number of nitrogens with one attached hydrogen (secondary N) is 2. The number of anilines is 1. The van der Waals surface area contributed by atoms with Gasteiger partial charge in [-0.05, 0) is 26.0 Å². The molecule has 0 heterocycles. The maximum absolute atomic E-state index is 11.7. The van der Waals surface area contributed by atoms with Crippen LogP contribution in [-0.2, 0) is 16.1 Å². The molecule has 0 aliphatic carbocycles. The lowest BCUT2D eigenvalue weighted by Gasteiger charge is -2.18. The smallest absolute Gasteiger partial charge is 0.242 e. The highest BCUT2D eigenvalue weighted by Gasteiger charge is 2.14. The van der Waals surface area contributed by atoms with Crippen molar-refractivity contribution in [2.45, 2.75) is 26.5 Å². The van der Waals surface area contributed by atoms with Gasteiger partial charge in [-0.2, -0.15) is 0 Å². The van der Waals surface area contributed by atoms with Crippen LogP contribution in [0.5, 0.6) is 0 Å². The first kappa shape index (κ1) is 15.0. The van der Waals surface area contributed by atoms with E-state index in [1.807, 2.05) is 32.0 Å². The summed E-state index contributed by atoms with van der Waals surface area (Å²) in [5.74, 6) is -0.0131. The van der Waals surface area contributed by atoms with E-state index in [1.54, 1.807) is 7.11 Å². The van der Waals surface area contributed by atoms with Gasteiger partial charge in [0.05, 0.1) is 6.61 Å². The Morgan fingerprint density at radius 3 is 2.83 bits per heavy atom. The van der Waals surface area contributed by atoms with Crippen molar-refractivity contribution in [3.63, 3.8) is 0 Å². The molecule has 5 heteroatoms. The lowest BCUT2D eigenvalue weighted by atomic mass is 10.1. The molecule has 1 atom stereocenters. The minimum absolute atomic E-state index is 0.0131. The molecule has 0 saturated carbocycles. The molecule has 1 unspecified atom stereocenters. The second kappa shape index (κ2) is 7.38. The molecule has 0 fully saturated rings. The molecular formula is C13H19BrN2O2. The number of ether oxygens (including phenoxy) is 1. The van der Waals surface area contributed by atoms with Crippen LogP contribution in [0.4, 0.5) is 5.69 Å². The van der Waals surface area contributed by atoms with E-state index in [4.69, 9.17) is 4.74 Å². The minimum Gasteiger partial charge on any atom is -0.380 e. The summed E-state index contributed by atoms with van der Waals surface area (Å²) in [6.45, 7) is 4.86. The first-order chi connectivity index (χ1) is 8.60. The average molecular weight is 315 g/mol. The van der Waals surface area contributed by atoms with Crippen LogP contribution in [0.2, 0.25) is 0 Å². The Hall–Kier alpha value is -1.07. The molecule has 0 aromatic heterocycles. The maximum atomic E-state index is 11.7. The molecule has 18 heavy (non-hydrogen) atoms. The van der Waals surface area contributed by atoms with Crippen LogP contribution >= 0.6 is 15.9 Å². The van der Waals surface area contributed by atoms with Crippen molar-refractivity contribution in [2.75, 3.05) is 19.0 Å². The van der Waals surface area contributed by atoms with Crippen LogP contribution in [0, 0.1) is 0 Å². The van der Waals surface area contributed by atoms with Crippen LogP contribution in [0.25, 0.3) is 0 Å². The maximum Gasteiger partial charge on any atom is 0.242 e. The summed E-state index contributed by atoms with van der Waals surface area (Å²) in [5, 5.41) is 5.99. The van der Waals surface area contributed by atoms with Gasteiger partial charge in [0.2, 0.25) is 5.91 Å². The van der Waals surface area contributed by atoms with Gasteiger partial charge in [-0.3, -0.25) is 4.79 Å². The highest BCUT2D eigenvalue weighted by Crippen LogP contribution is 2.26. The predicted octanol–water partition coefficient (Wildman–Crippen LogP) is 2.53. The zero-order chi connectivity index (χ0) is 13.5. The van der Waals surface area contributed by atoms with E-state index >= 15 is 0 Å². The van der Waals surface area contributed by atoms with Gasteiger partial charge >= 0.3 is 0 Å². The summed E-state index contributed by atoms with van der Waals surface area (Å²) < 4.78 is 6.14. The molecule has 0 saturated heterocycles. The molecule has 0 aliphatic heterocycles. The zero-order valence-electron chi connectivity index (χ0n) is 10.9. The third-order valence-electron chi connectivity index (χ3n) is 2.52. The van der Waals surface area contributed by atoms with Crippen molar-refractivity contribution in [1.29, 1.82) is 0 Å². The van der Waals surface area contributed by atoms with E-state index in [1.165, 1.54) is 0 Å². The number of carbonyl (C=O) groups is 1. The quantitative estimate of drug-likeness (QED) is 0.848. The zero-order valence-corrected chi connectivity index (χ0v) is 12.5. The summed E-state index contributed by atoms with van der Waals surface area (Å²) in [7, 11) is 1.65. The summed E-state index contributed by atoms with van der Waals surface area (Å²) >= 11 is 3.49. The van der Waals surface area contributed by atoms with E-state index in [9.17, 15) is 4.79 Å². The molecule has 0 aliphatic rings. The highest BCUT2D eigenvalue weighted by atomic mass is 79.9. The van der Waals surface area contributed by atoms with Crippen molar-refractivity contribution in [3.05, 3.63) is 28.2 Å². The first-order valence-corrected chi connectivity index (χ1v) is 6.70. The topological polar surface area (TPSA) is 50.4 Å². The second-order valence-corrected chi connectivity index (χ2v) is 4.81. The number of rotatable bonds is 6. The minimum atomic E-state index is -0.283. The van der Waals surface area contributed by atoms with E-state index in [0.717, 1.165) is 15.7 Å². The second-order valence-electron chi connectivity index (χ2n) is 3.96. The van der Waals surface area contributed by atoms with Gasteiger partial charge in [0, 0.05) is 29.4 Å². The first-order valence-electron chi connectivity index (χ1n) is 5.90. The Morgan fingerprint density at radius 1 is 1.50 bits per heavy atom. The Morgan fingerprint density at radius 2 is 2.22 bits per heavy atom. The van der Waals surface area contributed by atoms with E-state index in [2.05, 4.69) is 26.6 Å². The summed E-state index contributed by atoms with van der Waals surface area (Å²) in [6, 6.07) is 5.54. The Kier molecular flexibility index (Phi) is 6.15. The molecular weight excluding hydrogens is 296 g/mol. The third kappa shape index (κ3) is 3.99. The molecule has 1 aromatic carbocycles. The van der Waals surface area contributed by atoms with E-state index in [0.29, 0.717) is 13.2 Å². The van der Waals surface area contributed by atoms with Crippen LogP contribution in [-0.4, -0.2) is 25.6 Å². The molecule has 4 nitrogen and oxygen atoms in total. The monoisotopic (exact) mass is 314 g/mol. The van der Waals surface area contributed by atoms with Gasteiger partial charge in [-0.1, -0.05) is 22.0 Å². The van der Waals surface area contributed by atoms with Gasteiger partial charge in [0.1, 0.15) is 6.04 Å². The lowest BCUT2D eigenvalue weighted by molar-refractivity contribution is -0.121. The number of likely N-dealkylation sites (N-methyl/N-ethyl adjacent to an activating group) is 1. The Labute approximate surface area is 116 Å². The number of halogens is 1.